The van der Waals surface area contributed by atoms with Crippen molar-refractivity contribution in [3.63, 3.8) is 0 Å². The van der Waals surface area contributed by atoms with Gasteiger partial charge in [0.25, 0.3) is 0 Å². The molecule has 86 valence electrons. The number of hydrogen-bond acceptors (Lipinski definition) is 4. The lowest BCUT2D eigenvalue weighted by atomic mass is 10.1. The summed E-state index contributed by atoms with van der Waals surface area (Å²) in [5, 5.41) is 6.14. The quantitative estimate of drug-likeness (QED) is 0.751. The minimum atomic E-state index is 0.700. The summed E-state index contributed by atoms with van der Waals surface area (Å²) in [5.41, 5.74) is 8.70. The first-order chi connectivity index (χ1) is 8.15. The van der Waals surface area contributed by atoms with Gasteiger partial charge in [0, 0.05) is 24.2 Å². The number of aromatic nitrogens is 3. The first kappa shape index (κ1) is 10.7. The Bertz CT molecular complexity index is 701. The second-order valence-corrected chi connectivity index (χ2v) is 5.38. The molecule has 0 bridgehead atoms. The first-order valence-corrected chi connectivity index (χ1v) is 6.56. The number of aryl methyl sites for hydroxylation is 1. The Hall–Kier alpha value is -1.40. The van der Waals surface area contributed by atoms with Crippen LogP contribution in [0.4, 0.5) is 5.00 Å². The van der Waals surface area contributed by atoms with Gasteiger partial charge in [-0.1, -0.05) is 6.07 Å². The van der Waals surface area contributed by atoms with Crippen molar-refractivity contribution < 1.29 is 0 Å². The summed E-state index contributed by atoms with van der Waals surface area (Å²) >= 11 is 4.75. The zero-order valence-corrected chi connectivity index (χ0v) is 11.4. The number of fused-ring (bicyclic) bond motifs is 1. The van der Waals surface area contributed by atoms with E-state index in [-0.39, 0.29) is 0 Å². The zero-order chi connectivity index (χ0) is 12.0. The highest BCUT2D eigenvalue weighted by atomic mass is 79.9. The van der Waals surface area contributed by atoms with Crippen molar-refractivity contribution >= 4 is 43.4 Å². The van der Waals surface area contributed by atoms with Crippen LogP contribution in [-0.4, -0.2) is 14.2 Å². The molecular weight excluding hydrogens is 300 g/mol. The largest absolute Gasteiger partial charge is 0.388 e. The topological polar surface area (TPSA) is 56.7 Å². The standard InChI is InChI=1S/C11H9BrN4S/c1-16-5-7-4-6(2-3-8(7)14-16)10-9(12)11(13)17-15-10/h2-5H,13H2,1H3. The maximum Gasteiger partial charge on any atom is 0.121 e. The summed E-state index contributed by atoms with van der Waals surface area (Å²) in [4.78, 5) is 0. The fourth-order valence-corrected chi connectivity index (χ4v) is 2.98. The maximum absolute atomic E-state index is 5.79. The highest BCUT2D eigenvalue weighted by Gasteiger charge is 2.11. The predicted molar refractivity (Wildman–Crippen MR) is 73.9 cm³/mol. The van der Waals surface area contributed by atoms with Crippen LogP contribution in [0, 0.1) is 0 Å². The Balaban J connectivity index is 2.20. The van der Waals surface area contributed by atoms with Crippen LogP contribution in [0.2, 0.25) is 0 Å². The smallest absolute Gasteiger partial charge is 0.121 e. The van der Waals surface area contributed by atoms with E-state index >= 15 is 0 Å². The molecule has 2 aromatic heterocycles. The van der Waals surface area contributed by atoms with Crippen LogP contribution in [0.25, 0.3) is 22.2 Å². The third kappa shape index (κ3) is 1.73. The number of anilines is 1. The number of nitrogens with two attached hydrogens (primary N) is 1. The van der Waals surface area contributed by atoms with Gasteiger partial charge in [0.15, 0.2) is 0 Å². The van der Waals surface area contributed by atoms with Crippen LogP contribution >= 0.6 is 27.5 Å². The zero-order valence-electron chi connectivity index (χ0n) is 9.01. The second kappa shape index (κ2) is 3.82. The molecule has 0 saturated heterocycles. The van der Waals surface area contributed by atoms with E-state index in [2.05, 4.69) is 31.5 Å². The molecule has 0 aliphatic carbocycles. The van der Waals surface area contributed by atoms with Crippen molar-refractivity contribution in [1.29, 1.82) is 0 Å². The van der Waals surface area contributed by atoms with E-state index in [4.69, 9.17) is 5.73 Å². The molecular formula is C11H9BrN4S. The molecule has 6 heteroatoms. The minimum Gasteiger partial charge on any atom is -0.388 e. The maximum atomic E-state index is 5.79. The normalized spacial score (nSPS) is 11.2. The Morgan fingerprint density at radius 2 is 2.24 bits per heavy atom. The van der Waals surface area contributed by atoms with Crippen LogP contribution in [0.15, 0.2) is 28.9 Å². The monoisotopic (exact) mass is 308 g/mol. The van der Waals surface area contributed by atoms with Crippen LogP contribution < -0.4 is 5.73 Å². The number of nitrogens with zero attached hydrogens (tertiary/aromatic N) is 3. The SMILES string of the molecule is Cn1cc2cc(-c3nsc(N)c3Br)ccc2n1. The molecule has 0 spiro atoms. The van der Waals surface area contributed by atoms with E-state index in [1.54, 1.807) is 4.68 Å². The number of hydrogen-bond donors (Lipinski definition) is 1. The van der Waals surface area contributed by atoms with E-state index in [0.717, 1.165) is 26.6 Å². The molecule has 0 saturated carbocycles. The third-order valence-electron chi connectivity index (χ3n) is 2.55. The van der Waals surface area contributed by atoms with Gasteiger partial charge in [0.2, 0.25) is 0 Å². The van der Waals surface area contributed by atoms with Crippen LogP contribution in [0.5, 0.6) is 0 Å². The Morgan fingerprint density at radius 3 is 2.94 bits per heavy atom. The van der Waals surface area contributed by atoms with Crippen molar-refractivity contribution in [3.05, 3.63) is 28.9 Å². The molecule has 2 N–H and O–H groups in total. The van der Waals surface area contributed by atoms with Gasteiger partial charge in [-0.15, -0.1) is 0 Å². The van der Waals surface area contributed by atoms with Crippen molar-refractivity contribution in [2.45, 2.75) is 0 Å². The van der Waals surface area contributed by atoms with E-state index in [1.807, 2.05) is 25.4 Å². The van der Waals surface area contributed by atoms with E-state index in [0.29, 0.717) is 5.00 Å². The highest BCUT2D eigenvalue weighted by molar-refractivity contribution is 9.10. The molecule has 0 aliphatic heterocycles. The molecule has 0 fully saturated rings. The van der Waals surface area contributed by atoms with Gasteiger partial charge in [0.1, 0.15) is 10.7 Å². The fraction of sp³-hybridized carbons (Fsp3) is 0.0909. The highest BCUT2D eigenvalue weighted by Crippen LogP contribution is 2.35. The molecule has 0 radical (unpaired) electrons. The molecule has 1 aromatic carbocycles. The van der Waals surface area contributed by atoms with Gasteiger partial charge in [-0.05, 0) is 39.6 Å². The molecule has 4 nitrogen and oxygen atoms in total. The Kier molecular flexibility index (Phi) is 2.41. The molecule has 3 rings (SSSR count). The third-order valence-corrected chi connectivity index (χ3v) is 4.29. The van der Waals surface area contributed by atoms with Gasteiger partial charge >= 0.3 is 0 Å². The van der Waals surface area contributed by atoms with Gasteiger partial charge < -0.3 is 5.73 Å². The lowest BCUT2D eigenvalue weighted by Crippen LogP contribution is -1.84. The summed E-state index contributed by atoms with van der Waals surface area (Å²) < 4.78 is 7.01. The summed E-state index contributed by atoms with van der Waals surface area (Å²) in [6.45, 7) is 0. The second-order valence-electron chi connectivity index (χ2n) is 3.79. The number of halogens is 1. The van der Waals surface area contributed by atoms with Crippen molar-refractivity contribution in [2.75, 3.05) is 5.73 Å². The molecule has 2 heterocycles. The summed E-state index contributed by atoms with van der Waals surface area (Å²) in [6, 6.07) is 6.07. The van der Waals surface area contributed by atoms with Gasteiger partial charge in [-0.3, -0.25) is 4.68 Å². The lowest BCUT2D eigenvalue weighted by Gasteiger charge is -1.97. The lowest BCUT2D eigenvalue weighted by molar-refractivity contribution is 0.780. The van der Waals surface area contributed by atoms with Gasteiger partial charge in [0.05, 0.1) is 9.99 Å². The van der Waals surface area contributed by atoms with Crippen molar-refractivity contribution in [3.8, 4) is 11.3 Å². The van der Waals surface area contributed by atoms with Crippen LogP contribution in [0.3, 0.4) is 0 Å². The molecule has 0 amide bonds. The van der Waals surface area contributed by atoms with E-state index in [9.17, 15) is 0 Å². The molecule has 0 aliphatic rings. The fourth-order valence-electron chi connectivity index (χ4n) is 1.77. The van der Waals surface area contributed by atoms with Crippen molar-refractivity contribution in [2.24, 2.45) is 7.05 Å². The van der Waals surface area contributed by atoms with Crippen LogP contribution in [0.1, 0.15) is 0 Å². The van der Waals surface area contributed by atoms with Gasteiger partial charge in [-0.25, -0.2) is 0 Å². The molecule has 0 atom stereocenters. The summed E-state index contributed by atoms with van der Waals surface area (Å²) in [6.07, 6.45) is 1.99. The average Bonchev–Trinajstić information content (AvgIpc) is 2.81. The Labute approximate surface area is 110 Å². The average molecular weight is 309 g/mol. The van der Waals surface area contributed by atoms with E-state index < -0.39 is 0 Å². The molecule has 17 heavy (non-hydrogen) atoms. The molecule has 3 aromatic rings. The van der Waals surface area contributed by atoms with Gasteiger partial charge in [-0.2, -0.15) is 9.47 Å². The predicted octanol–water partition coefficient (Wildman–Crippen LogP) is 3.04. The van der Waals surface area contributed by atoms with E-state index in [1.165, 1.54) is 11.5 Å². The van der Waals surface area contributed by atoms with Crippen molar-refractivity contribution in [1.82, 2.24) is 14.2 Å². The minimum absolute atomic E-state index is 0.700. The first-order valence-electron chi connectivity index (χ1n) is 4.99. The number of rotatable bonds is 1. The number of nitrogen functional groups attached to an aromatic ring is 1. The summed E-state index contributed by atoms with van der Waals surface area (Å²) in [5.74, 6) is 0. The van der Waals surface area contributed by atoms with Crippen LogP contribution in [-0.2, 0) is 7.05 Å². The Morgan fingerprint density at radius 1 is 1.41 bits per heavy atom. The summed E-state index contributed by atoms with van der Waals surface area (Å²) in [7, 11) is 1.91. The number of benzene rings is 1. The molecule has 0 unspecified atom stereocenters.